The average Bonchev–Trinajstić information content (AvgIpc) is 3.79. The van der Waals surface area contributed by atoms with Crippen LogP contribution in [0.25, 0.3) is 0 Å². The van der Waals surface area contributed by atoms with Gasteiger partial charge in [-0.3, -0.25) is 9.36 Å². The molecule has 210 valence electrons. The number of carbonyl (C=O) groups excluding carboxylic acids is 1. The van der Waals surface area contributed by atoms with Crippen LogP contribution < -0.4 is 10.1 Å². The SMILES string of the molecule is Cn1nc(OC(F)F)cc1Nc1nncn1C1CCc2sc(CC(=O)C3CC3)c(S(=O)(=O)CCC3CC3)c2C1. The Morgan fingerprint density at radius 3 is 2.77 bits per heavy atom. The number of carbonyl (C=O) groups is 1. The third-order valence-electron chi connectivity index (χ3n) is 7.70. The van der Waals surface area contributed by atoms with Crippen LogP contribution in [0.15, 0.2) is 17.3 Å². The Kier molecular flexibility index (Phi) is 6.94. The summed E-state index contributed by atoms with van der Waals surface area (Å²) in [5.74, 6) is 1.35. The number of Topliss-reactive ketones (excluding diaryl/α,β-unsaturated/α-hetero) is 1. The maximum atomic E-state index is 13.7. The zero-order chi connectivity index (χ0) is 27.3. The molecule has 1 unspecified atom stereocenters. The number of aryl methyl sites for hydroxylation is 2. The van der Waals surface area contributed by atoms with Gasteiger partial charge in [0.05, 0.1) is 10.6 Å². The lowest BCUT2D eigenvalue weighted by Gasteiger charge is -2.25. The van der Waals surface area contributed by atoms with Crippen LogP contribution >= 0.6 is 11.3 Å². The minimum atomic E-state index is -3.54. The van der Waals surface area contributed by atoms with E-state index in [1.54, 1.807) is 13.4 Å². The number of aromatic nitrogens is 5. The Labute approximate surface area is 228 Å². The van der Waals surface area contributed by atoms with E-state index in [2.05, 4.69) is 25.3 Å². The van der Waals surface area contributed by atoms with E-state index in [0.29, 0.717) is 46.7 Å². The predicted octanol–water partition coefficient (Wildman–Crippen LogP) is 4.24. The van der Waals surface area contributed by atoms with Crippen molar-refractivity contribution in [2.24, 2.45) is 18.9 Å². The summed E-state index contributed by atoms with van der Waals surface area (Å²) in [6.45, 7) is -2.99. The van der Waals surface area contributed by atoms with E-state index >= 15 is 0 Å². The Bertz CT molecular complexity index is 1490. The molecule has 0 bridgehead atoms. The first-order valence-corrected chi connectivity index (χ1v) is 15.7. The van der Waals surface area contributed by atoms with Gasteiger partial charge in [-0.05, 0) is 50.0 Å². The zero-order valence-electron chi connectivity index (χ0n) is 21.5. The van der Waals surface area contributed by atoms with Gasteiger partial charge in [-0.25, -0.2) is 13.1 Å². The lowest BCUT2D eigenvalue weighted by molar-refractivity contribution is -0.119. The average molecular weight is 581 g/mol. The number of hydrogen-bond acceptors (Lipinski definition) is 9. The molecule has 3 aromatic rings. The predicted molar refractivity (Wildman–Crippen MR) is 139 cm³/mol. The molecular weight excluding hydrogens is 550 g/mol. The van der Waals surface area contributed by atoms with Gasteiger partial charge < -0.3 is 10.1 Å². The van der Waals surface area contributed by atoms with Crippen molar-refractivity contribution in [3.05, 3.63) is 27.7 Å². The third-order valence-corrected chi connectivity index (χ3v) is 11.0. The van der Waals surface area contributed by atoms with Crippen LogP contribution in [0.5, 0.6) is 5.88 Å². The van der Waals surface area contributed by atoms with Crippen molar-refractivity contribution in [2.45, 2.75) is 75.3 Å². The third kappa shape index (κ3) is 5.72. The van der Waals surface area contributed by atoms with E-state index in [1.807, 2.05) is 4.57 Å². The molecule has 3 aliphatic rings. The zero-order valence-corrected chi connectivity index (χ0v) is 23.1. The molecule has 0 saturated heterocycles. The Morgan fingerprint density at radius 2 is 2.05 bits per heavy atom. The molecule has 0 aliphatic heterocycles. The molecule has 3 aliphatic carbocycles. The normalized spacial score (nSPS) is 19.3. The van der Waals surface area contributed by atoms with E-state index in [9.17, 15) is 22.0 Å². The summed E-state index contributed by atoms with van der Waals surface area (Å²) in [5.41, 5.74) is 0.818. The number of anilines is 2. The van der Waals surface area contributed by atoms with Gasteiger partial charge in [0.15, 0.2) is 9.84 Å². The van der Waals surface area contributed by atoms with Crippen molar-refractivity contribution in [3.63, 3.8) is 0 Å². The smallest absolute Gasteiger partial charge is 0.388 e. The monoisotopic (exact) mass is 580 g/mol. The highest BCUT2D eigenvalue weighted by molar-refractivity contribution is 7.91. The molecule has 0 spiro atoms. The summed E-state index contributed by atoms with van der Waals surface area (Å²) >= 11 is 1.48. The summed E-state index contributed by atoms with van der Waals surface area (Å²) in [6.07, 6.45) is 8.28. The van der Waals surface area contributed by atoms with Gasteiger partial charge >= 0.3 is 6.61 Å². The number of alkyl halides is 2. The molecule has 0 radical (unpaired) electrons. The van der Waals surface area contributed by atoms with Gasteiger partial charge in [0.25, 0.3) is 0 Å². The van der Waals surface area contributed by atoms with Crippen LogP contribution in [0.1, 0.15) is 59.9 Å². The topological polar surface area (TPSA) is 121 Å². The number of sulfone groups is 1. The standard InChI is InChI=1S/C25H30F2N6O4S2/c1-32-21(12-22(31-32)37-24(26)27)29-25-30-28-13-33(25)16-6-7-19-17(10-16)23(39(35,36)9-8-14-2-3-14)20(38-19)11-18(34)15-4-5-15/h12-16,24H,2-11H2,1H3,(H,29,30). The maximum absolute atomic E-state index is 13.7. The van der Waals surface area contributed by atoms with Crippen molar-refractivity contribution in [1.29, 1.82) is 0 Å². The van der Waals surface area contributed by atoms with Crippen LogP contribution in [0.2, 0.25) is 0 Å². The van der Waals surface area contributed by atoms with Crippen LogP contribution in [0.3, 0.4) is 0 Å². The summed E-state index contributed by atoms with van der Waals surface area (Å²) in [6, 6.07) is 1.22. The largest absolute Gasteiger partial charge is 0.415 e. The summed E-state index contributed by atoms with van der Waals surface area (Å²) < 4.78 is 60.2. The number of thiophene rings is 1. The first-order chi connectivity index (χ1) is 18.7. The summed E-state index contributed by atoms with van der Waals surface area (Å²) in [5, 5.41) is 15.2. The van der Waals surface area contributed by atoms with Crippen LogP contribution in [-0.4, -0.2) is 51.1 Å². The number of fused-ring (bicyclic) bond motifs is 1. The van der Waals surface area contributed by atoms with Crippen molar-refractivity contribution in [2.75, 3.05) is 11.1 Å². The van der Waals surface area contributed by atoms with Gasteiger partial charge in [-0.15, -0.1) is 26.6 Å². The maximum Gasteiger partial charge on any atom is 0.388 e. The number of nitrogens with one attached hydrogen (secondary N) is 1. The molecule has 0 aromatic carbocycles. The van der Waals surface area contributed by atoms with E-state index in [-0.39, 0.29) is 35.8 Å². The Morgan fingerprint density at radius 1 is 1.26 bits per heavy atom. The van der Waals surface area contributed by atoms with Gasteiger partial charge in [0, 0.05) is 41.2 Å². The summed E-state index contributed by atoms with van der Waals surface area (Å²) in [4.78, 5) is 14.8. The van der Waals surface area contributed by atoms with Crippen LogP contribution in [0, 0.1) is 11.8 Å². The highest BCUT2D eigenvalue weighted by Gasteiger charge is 2.37. The molecule has 14 heteroatoms. The van der Waals surface area contributed by atoms with Crippen molar-refractivity contribution < 1.29 is 26.7 Å². The van der Waals surface area contributed by atoms with Gasteiger partial charge in [-0.2, -0.15) is 8.78 Å². The first kappa shape index (κ1) is 26.4. The highest BCUT2D eigenvalue weighted by atomic mass is 32.2. The number of halogens is 2. The minimum Gasteiger partial charge on any atom is -0.415 e. The Hall–Kier alpha value is -2.87. The lowest BCUT2D eigenvalue weighted by atomic mass is 9.93. The fourth-order valence-corrected chi connectivity index (χ4v) is 8.94. The molecule has 2 fully saturated rings. The van der Waals surface area contributed by atoms with E-state index in [4.69, 9.17) is 0 Å². The fourth-order valence-electron chi connectivity index (χ4n) is 5.27. The highest BCUT2D eigenvalue weighted by Crippen LogP contribution is 2.44. The molecule has 3 aromatic heterocycles. The molecular formula is C25H30F2N6O4S2. The number of hydrogen-bond donors (Lipinski definition) is 1. The van der Waals surface area contributed by atoms with Crippen molar-refractivity contribution in [1.82, 2.24) is 24.5 Å². The van der Waals surface area contributed by atoms with E-state index in [0.717, 1.165) is 42.5 Å². The molecule has 1 atom stereocenters. The number of ketones is 1. The quantitative estimate of drug-likeness (QED) is 0.338. The number of nitrogens with zero attached hydrogens (tertiary/aromatic N) is 5. The van der Waals surface area contributed by atoms with Gasteiger partial charge in [0.1, 0.15) is 17.9 Å². The van der Waals surface area contributed by atoms with E-state index < -0.39 is 16.4 Å². The number of ether oxygens (including phenoxy) is 1. The molecule has 2 saturated carbocycles. The van der Waals surface area contributed by atoms with Gasteiger partial charge in [-0.1, -0.05) is 12.8 Å². The van der Waals surface area contributed by atoms with Crippen molar-refractivity contribution >= 4 is 38.7 Å². The second kappa shape index (κ2) is 10.3. The van der Waals surface area contributed by atoms with Crippen LogP contribution in [0.4, 0.5) is 20.5 Å². The van der Waals surface area contributed by atoms with Crippen molar-refractivity contribution in [3.8, 4) is 5.88 Å². The minimum absolute atomic E-state index is 0.0724. The summed E-state index contributed by atoms with van der Waals surface area (Å²) in [7, 11) is -1.96. The molecule has 1 N–H and O–H groups in total. The van der Waals surface area contributed by atoms with Crippen LogP contribution in [-0.2, 0) is 40.9 Å². The fraction of sp³-hybridized carbons (Fsp3) is 0.600. The lowest BCUT2D eigenvalue weighted by Crippen LogP contribution is -2.21. The second-order valence-corrected chi connectivity index (χ2v) is 13.9. The van der Waals surface area contributed by atoms with E-state index in [1.165, 1.54) is 22.1 Å². The second-order valence-electron chi connectivity index (χ2n) is 10.7. The molecule has 0 amide bonds. The molecule has 3 heterocycles. The Balaban J connectivity index is 1.27. The molecule has 6 rings (SSSR count). The molecule has 39 heavy (non-hydrogen) atoms. The molecule has 10 nitrogen and oxygen atoms in total. The first-order valence-electron chi connectivity index (χ1n) is 13.2. The van der Waals surface area contributed by atoms with Gasteiger partial charge in [0.2, 0.25) is 11.8 Å². The number of rotatable bonds is 12.